The number of hydrogen-bond donors (Lipinski definition) is 1. The van der Waals surface area contributed by atoms with E-state index in [2.05, 4.69) is 36.1 Å². The molecule has 3 unspecified atom stereocenters. The molecule has 98 valence electrons. The molecule has 0 spiro atoms. The van der Waals surface area contributed by atoms with Gasteiger partial charge < -0.3 is 5.73 Å². The molecule has 0 amide bonds. The van der Waals surface area contributed by atoms with Gasteiger partial charge in [-0.05, 0) is 56.7 Å². The first-order valence-electron chi connectivity index (χ1n) is 7.36. The van der Waals surface area contributed by atoms with E-state index in [4.69, 9.17) is 5.73 Å². The van der Waals surface area contributed by atoms with Gasteiger partial charge >= 0.3 is 0 Å². The highest BCUT2D eigenvalue weighted by atomic mass is 15.2. The Hall–Kier alpha value is -0.860. The molecule has 2 N–H and O–H groups in total. The molecule has 1 saturated heterocycles. The van der Waals surface area contributed by atoms with E-state index in [0.717, 1.165) is 0 Å². The van der Waals surface area contributed by atoms with Gasteiger partial charge in [0.05, 0.1) is 0 Å². The van der Waals surface area contributed by atoms with Crippen LogP contribution in [0.3, 0.4) is 0 Å². The molecule has 1 aromatic rings. The van der Waals surface area contributed by atoms with Crippen LogP contribution in [0.4, 0.5) is 0 Å². The first kappa shape index (κ1) is 12.2. The van der Waals surface area contributed by atoms with Crippen LogP contribution in [0.1, 0.15) is 49.8 Å². The normalized spacial score (nSPS) is 33.1. The lowest BCUT2D eigenvalue weighted by Crippen LogP contribution is -2.44. The summed E-state index contributed by atoms with van der Waals surface area (Å²) >= 11 is 0. The van der Waals surface area contributed by atoms with E-state index in [-0.39, 0.29) is 6.04 Å². The van der Waals surface area contributed by atoms with Crippen LogP contribution >= 0.6 is 0 Å². The Balaban J connectivity index is 1.89. The topological polar surface area (TPSA) is 29.3 Å². The summed E-state index contributed by atoms with van der Waals surface area (Å²) in [5, 5.41) is 0. The fourth-order valence-electron chi connectivity index (χ4n) is 3.80. The second-order valence-electron chi connectivity index (χ2n) is 5.91. The molecule has 2 aliphatic rings. The van der Waals surface area contributed by atoms with E-state index in [1.165, 1.54) is 49.8 Å². The second-order valence-corrected chi connectivity index (χ2v) is 5.91. The van der Waals surface area contributed by atoms with Crippen LogP contribution in [0.15, 0.2) is 24.3 Å². The van der Waals surface area contributed by atoms with Gasteiger partial charge in [0, 0.05) is 18.1 Å². The molecule has 0 saturated carbocycles. The number of hydrogen-bond acceptors (Lipinski definition) is 2. The summed E-state index contributed by atoms with van der Waals surface area (Å²) in [6.45, 7) is 3.60. The van der Waals surface area contributed by atoms with Gasteiger partial charge in [-0.25, -0.2) is 0 Å². The number of benzene rings is 1. The van der Waals surface area contributed by atoms with Crippen molar-refractivity contribution >= 4 is 0 Å². The Kier molecular flexibility index (Phi) is 3.40. The van der Waals surface area contributed by atoms with E-state index in [1.54, 1.807) is 0 Å². The quantitative estimate of drug-likeness (QED) is 0.770. The molecule has 1 aromatic carbocycles. The van der Waals surface area contributed by atoms with Crippen LogP contribution in [-0.4, -0.2) is 23.5 Å². The van der Waals surface area contributed by atoms with Crippen LogP contribution in [-0.2, 0) is 6.42 Å². The van der Waals surface area contributed by atoms with Crippen LogP contribution in [0, 0.1) is 0 Å². The number of aryl methyl sites for hydroxylation is 1. The monoisotopic (exact) mass is 244 g/mol. The molecule has 0 bridgehead atoms. The van der Waals surface area contributed by atoms with Crippen molar-refractivity contribution in [2.24, 2.45) is 5.73 Å². The zero-order chi connectivity index (χ0) is 12.5. The van der Waals surface area contributed by atoms with Crippen molar-refractivity contribution in [3.8, 4) is 0 Å². The highest BCUT2D eigenvalue weighted by molar-refractivity contribution is 5.32. The minimum Gasteiger partial charge on any atom is -0.323 e. The minimum atomic E-state index is 0.198. The number of rotatable bonds is 1. The average molecular weight is 244 g/mol. The van der Waals surface area contributed by atoms with Crippen molar-refractivity contribution in [3.63, 3.8) is 0 Å². The fraction of sp³-hybridized carbons (Fsp3) is 0.625. The molecule has 1 fully saturated rings. The van der Waals surface area contributed by atoms with Gasteiger partial charge in [0.25, 0.3) is 0 Å². The number of likely N-dealkylation sites (tertiary alicyclic amines) is 1. The Morgan fingerprint density at radius 2 is 2.00 bits per heavy atom. The Labute approximate surface area is 110 Å². The van der Waals surface area contributed by atoms with E-state index < -0.39 is 0 Å². The van der Waals surface area contributed by atoms with E-state index >= 15 is 0 Å². The third kappa shape index (κ3) is 2.08. The predicted octanol–water partition coefficient (Wildman–Crippen LogP) is 2.88. The summed E-state index contributed by atoms with van der Waals surface area (Å²) in [6, 6.07) is 10.2. The Morgan fingerprint density at radius 3 is 2.78 bits per heavy atom. The van der Waals surface area contributed by atoms with Crippen molar-refractivity contribution in [1.29, 1.82) is 0 Å². The molecular weight excluding hydrogens is 220 g/mol. The SMILES string of the molecule is CC1CCCN1C1CCCc2ccccc2C1N. The molecule has 0 aromatic heterocycles. The van der Waals surface area contributed by atoms with Crippen molar-refractivity contribution in [2.75, 3.05) is 6.54 Å². The van der Waals surface area contributed by atoms with Gasteiger partial charge in [0.2, 0.25) is 0 Å². The number of nitrogens with zero attached hydrogens (tertiary/aromatic N) is 1. The van der Waals surface area contributed by atoms with Gasteiger partial charge in [-0.1, -0.05) is 24.3 Å². The van der Waals surface area contributed by atoms with Crippen molar-refractivity contribution < 1.29 is 0 Å². The first-order valence-corrected chi connectivity index (χ1v) is 7.36. The van der Waals surface area contributed by atoms with Crippen LogP contribution in [0.25, 0.3) is 0 Å². The lowest BCUT2D eigenvalue weighted by molar-refractivity contribution is 0.156. The zero-order valence-electron chi connectivity index (χ0n) is 11.3. The fourth-order valence-corrected chi connectivity index (χ4v) is 3.80. The van der Waals surface area contributed by atoms with Gasteiger partial charge in [0.15, 0.2) is 0 Å². The van der Waals surface area contributed by atoms with E-state index in [9.17, 15) is 0 Å². The molecule has 2 heteroatoms. The molecular formula is C16H24N2. The summed E-state index contributed by atoms with van der Waals surface area (Å²) < 4.78 is 0. The lowest BCUT2D eigenvalue weighted by Gasteiger charge is -2.35. The predicted molar refractivity (Wildman–Crippen MR) is 75.5 cm³/mol. The summed E-state index contributed by atoms with van der Waals surface area (Å²) in [5.41, 5.74) is 9.45. The molecule has 1 heterocycles. The van der Waals surface area contributed by atoms with Crippen molar-refractivity contribution in [2.45, 2.75) is 57.2 Å². The van der Waals surface area contributed by atoms with Crippen molar-refractivity contribution in [3.05, 3.63) is 35.4 Å². The second kappa shape index (κ2) is 5.02. The Bertz CT molecular complexity index is 415. The third-order valence-electron chi connectivity index (χ3n) is 4.81. The van der Waals surface area contributed by atoms with E-state index in [1.807, 2.05) is 0 Å². The maximum absolute atomic E-state index is 6.59. The molecule has 1 aliphatic carbocycles. The minimum absolute atomic E-state index is 0.198. The summed E-state index contributed by atoms with van der Waals surface area (Å²) in [6.07, 6.45) is 6.40. The maximum atomic E-state index is 6.59. The summed E-state index contributed by atoms with van der Waals surface area (Å²) in [4.78, 5) is 2.66. The largest absolute Gasteiger partial charge is 0.323 e. The highest BCUT2D eigenvalue weighted by Crippen LogP contribution is 2.33. The Morgan fingerprint density at radius 1 is 1.17 bits per heavy atom. The van der Waals surface area contributed by atoms with Gasteiger partial charge in [-0.3, -0.25) is 4.90 Å². The first-order chi connectivity index (χ1) is 8.77. The van der Waals surface area contributed by atoms with Crippen LogP contribution in [0.2, 0.25) is 0 Å². The maximum Gasteiger partial charge on any atom is 0.0455 e. The standard InChI is InChI=1S/C16H24N2/c1-12-6-5-11-18(12)15-10-4-8-13-7-2-3-9-14(13)16(15)17/h2-3,7,9,12,15-16H,4-6,8,10-11,17H2,1H3. The van der Waals surface area contributed by atoms with Crippen LogP contribution < -0.4 is 5.73 Å². The van der Waals surface area contributed by atoms with Gasteiger partial charge in [-0.2, -0.15) is 0 Å². The van der Waals surface area contributed by atoms with E-state index in [0.29, 0.717) is 12.1 Å². The molecule has 3 rings (SSSR count). The smallest absolute Gasteiger partial charge is 0.0455 e. The molecule has 0 radical (unpaired) electrons. The van der Waals surface area contributed by atoms with Gasteiger partial charge in [-0.15, -0.1) is 0 Å². The lowest BCUT2D eigenvalue weighted by atomic mass is 9.95. The number of nitrogens with two attached hydrogens (primary N) is 1. The third-order valence-corrected chi connectivity index (χ3v) is 4.81. The molecule has 3 atom stereocenters. The van der Waals surface area contributed by atoms with Crippen LogP contribution in [0.5, 0.6) is 0 Å². The average Bonchev–Trinajstić information content (AvgIpc) is 2.73. The van der Waals surface area contributed by atoms with Crippen molar-refractivity contribution in [1.82, 2.24) is 4.90 Å². The summed E-state index contributed by atoms with van der Waals surface area (Å²) in [7, 11) is 0. The molecule has 18 heavy (non-hydrogen) atoms. The highest BCUT2D eigenvalue weighted by Gasteiger charge is 2.33. The van der Waals surface area contributed by atoms with Gasteiger partial charge in [0.1, 0.15) is 0 Å². The zero-order valence-corrected chi connectivity index (χ0v) is 11.3. The molecule has 2 nitrogen and oxygen atoms in total. The molecule has 1 aliphatic heterocycles. The number of fused-ring (bicyclic) bond motifs is 1. The summed E-state index contributed by atoms with van der Waals surface area (Å²) in [5.74, 6) is 0.